The Labute approximate surface area is 128 Å². The number of anilines is 1. The molecular formula is C14H22N4S2. The van der Waals surface area contributed by atoms with Gasteiger partial charge < -0.3 is 10.2 Å². The van der Waals surface area contributed by atoms with Crippen molar-refractivity contribution < 1.29 is 0 Å². The van der Waals surface area contributed by atoms with E-state index in [0.29, 0.717) is 10.5 Å². The molecule has 1 aliphatic rings. The van der Waals surface area contributed by atoms with E-state index in [1.54, 1.807) is 11.3 Å². The van der Waals surface area contributed by atoms with Gasteiger partial charge in [-0.2, -0.15) is 11.8 Å². The molecule has 2 unspecified atom stereocenters. The topological polar surface area (TPSA) is 32.6 Å². The Bertz CT molecular complexity index is 567. The van der Waals surface area contributed by atoms with Gasteiger partial charge in [-0.3, -0.25) is 4.40 Å². The molecule has 2 aromatic heterocycles. The molecule has 0 aromatic carbocycles. The quantitative estimate of drug-likeness (QED) is 0.941. The van der Waals surface area contributed by atoms with Gasteiger partial charge in [-0.1, -0.05) is 20.8 Å². The molecule has 1 saturated heterocycles. The maximum absolute atomic E-state index is 4.88. The molecule has 0 aliphatic carbocycles. The molecule has 0 radical (unpaired) electrons. The first-order valence-electron chi connectivity index (χ1n) is 7.24. The van der Waals surface area contributed by atoms with Gasteiger partial charge in [0.2, 0.25) is 0 Å². The Balaban J connectivity index is 1.94. The minimum atomic E-state index is 0.672. The van der Waals surface area contributed by atoms with Crippen LogP contribution >= 0.6 is 23.1 Å². The van der Waals surface area contributed by atoms with E-state index < -0.39 is 0 Å². The Kier molecular flexibility index (Phi) is 4.23. The van der Waals surface area contributed by atoms with Crippen LogP contribution in [-0.4, -0.2) is 39.5 Å². The predicted molar refractivity (Wildman–Crippen MR) is 89.2 cm³/mol. The maximum atomic E-state index is 4.88. The zero-order valence-corrected chi connectivity index (χ0v) is 13.9. The van der Waals surface area contributed by atoms with Crippen LogP contribution in [0.1, 0.15) is 26.5 Å². The average molecular weight is 310 g/mol. The summed E-state index contributed by atoms with van der Waals surface area (Å²) in [6.07, 6.45) is 2.13. The van der Waals surface area contributed by atoms with Crippen LogP contribution in [0.15, 0.2) is 11.6 Å². The van der Waals surface area contributed by atoms with E-state index in [4.69, 9.17) is 4.98 Å². The molecule has 2 aromatic rings. The number of thioether (sulfide) groups is 1. The van der Waals surface area contributed by atoms with Crippen molar-refractivity contribution in [3.05, 3.63) is 17.3 Å². The third-order valence-electron chi connectivity index (χ3n) is 3.60. The van der Waals surface area contributed by atoms with Gasteiger partial charge in [0.05, 0.1) is 5.69 Å². The summed E-state index contributed by atoms with van der Waals surface area (Å²) >= 11 is 3.80. The number of fused-ring (bicyclic) bond motifs is 1. The monoisotopic (exact) mass is 310 g/mol. The van der Waals surface area contributed by atoms with E-state index in [0.717, 1.165) is 31.1 Å². The van der Waals surface area contributed by atoms with Crippen LogP contribution in [0.3, 0.4) is 0 Å². The summed E-state index contributed by atoms with van der Waals surface area (Å²) in [6.45, 7) is 10.8. The van der Waals surface area contributed by atoms with Gasteiger partial charge in [0, 0.05) is 41.7 Å². The molecule has 3 rings (SSSR count). The normalized spacial score (nSPS) is 23.6. The number of imidazole rings is 1. The van der Waals surface area contributed by atoms with Gasteiger partial charge in [-0.15, -0.1) is 11.3 Å². The molecular weight excluding hydrogens is 288 g/mol. The minimum Gasteiger partial charge on any atom is -0.353 e. The van der Waals surface area contributed by atoms with E-state index >= 15 is 0 Å². The minimum absolute atomic E-state index is 0.672. The van der Waals surface area contributed by atoms with Crippen LogP contribution in [0.2, 0.25) is 0 Å². The van der Waals surface area contributed by atoms with Gasteiger partial charge >= 0.3 is 0 Å². The van der Waals surface area contributed by atoms with E-state index in [2.05, 4.69) is 58.7 Å². The van der Waals surface area contributed by atoms with E-state index in [1.165, 1.54) is 11.5 Å². The fraction of sp³-hybridized carbons (Fsp3) is 0.643. The molecule has 3 heterocycles. The van der Waals surface area contributed by atoms with Crippen LogP contribution < -0.4 is 10.2 Å². The number of aromatic nitrogens is 2. The third kappa shape index (κ3) is 2.69. The third-order valence-corrected chi connectivity index (χ3v) is 5.59. The van der Waals surface area contributed by atoms with E-state index in [9.17, 15) is 0 Å². The first kappa shape index (κ1) is 14.2. The Morgan fingerprint density at radius 3 is 2.80 bits per heavy atom. The fourth-order valence-corrected chi connectivity index (χ4v) is 4.89. The van der Waals surface area contributed by atoms with Gasteiger partial charge in [0.15, 0.2) is 10.8 Å². The molecule has 6 heteroatoms. The largest absolute Gasteiger partial charge is 0.353 e. The highest BCUT2D eigenvalue weighted by molar-refractivity contribution is 8.00. The number of nitrogens with one attached hydrogen (secondary N) is 1. The zero-order chi connectivity index (χ0) is 14.1. The molecule has 0 bridgehead atoms. The van der Waals surface area contributed by atoms with Gasteiger partial charge in [0.25, 0.3) is 0 Å². The van der Waals surface area contributed by atoms with Crippen LogP contribution in [0.25, 0.3) is 4.96 Å². The van der Waals surface area contributed by atoms with Crippen molar-refractivity contribution >= 4 is 33.9 Å². The standard InChI is InChI=1S/C14H22N4S2/c1-4-15-7-12-13(16-14-18(12)5-6-19-14)17-8-10(2)20-11(3)9-17/h5-6,10-11,15H,4,7-9H2,1-3H3. The van der Waals surface area contributed by atoms with E-state index in [-0.39, 0.29) is 0 Å². The molecule has 1 aliphatic heterocycles. The van der Waals surface area contributed by atoms with Crippen LogP contribution in [0.4, 0.5) is 5.82 Å². The molecule has 1 fully saturated rings. The van der Waals surface area contributed by atoms with Crippen molar-refractivity contribution in [2.45, 2.75) is 37.8 Å². The van der Waals surface area contributed by atoms with Crippen LogP contribution in [-0.2, 0) is 6.54 Å². The smallest absolute Gasteiger partial charge is 0.195 e. The molecule has 4 nitrogen and oxygen atoms in total. The lowest BCUT2D eigenvalue weighted by atomic mass is 10.3. The number of rotatable bonds is 4. The second-order valence-corrected chi connectivity index (χ2v) is 8.13. The second kappa shape index (κ2) is 5.95. The Morgan fingerprint density at radius 1 is 1.35 bits per heavy atom. The molecule has 0 amide bonds. The summed E-state index contributed by atoms with van der Waals surface area (Å²) in [5.41, 5.74) is 1.30. The first-order chi connectivity index (χ1) is 9.69. The predicted octanol–water partition coefficient (Wildman–Crippen LogP) is 2.84. The fourth-order valence-electron chi connectivity index (χ4n) is 2.83. The summed E-state index contributed by atoms with van der Waals surface area (Å²) in [6, 6.07) is 0. The SMILES string of the molecule is CCNCc1c(N2CC(C)SC(C)C2)nc2sccn12. The summed E-state index contributed by atoms with van der Waals surface area (Å²) < 4.78 is 2.24. The van der Waals surface area contributed by atoms with Gasteiger partial charge in [-0.05, 0) is 6.54 Å². The molecule has 1 N–H and O–H groups in total. The highest BCUT2D eigenvalue weighted by Crippen LogP contribution is 2.31. The Morgan fingerprint density at radius 2 is 2.10 bits per heavy atom. The highest BCUT2D eigenvalue weighted by atomic mass is 32.2. The highest BCUT2D eigenvalue weighted by Gasteiger charge is 2.26. The van der Waals surface area contributed by atoms with Crippen LogP contribution in [0, 0.1) is 0 Å². The number of hydrogen-bond acceptors (Lipinski definition) is 5. The first-order valence-corrected chi connectivity index (χ1v) is 9.06. The number of nitrogens with zero attached hydrogens (tertiary/aromatic N) is 3. The lowest BCUT2D eigenvalue weighted by Gasteiger charge is -2.35. The zero-order valence-electron chi connectivity index (χ0n) is 12.3. The van der Waals surface area contributed by atoms with Crippen molar-refractivity contribution in [1.82, 2.24) is 14.7 Å². The van der Waals surface area contributed by atoms with Crippen molar-refractivity contribution in [3.8, 4) is 0 Å². The molecule has 20 heavy (non-hydrogen) atoms. The molecule has 110 valence electrons. The second-order valence-electron chi connectivity index (χ2n) is 5.38. The molecule has 2 atom stereocenters. The van der Waals surface area contributed by atoms with Crippen molar-refractivity contribution in [3.63, 3.8) is 0 Å². The lowest BCUT2D eigenvalue weighted by molar-refractivity contribution is 0.683. The molecule has 0 spiro atoms. The van der Waals surface area contributed by atoms with Gasteiger partial charge in [-0.25, -0.2) is 4.98 Å². The van der Waals surface area contributed by atoms with Crippen molar-refractivity contribution in [1.29, 1.82) is 0 Å². The van der Waals surface area contributed by atoms with Gasteiger partial charge in [0.1, 0.15) is 0 Å². The summed E-state index contributed by atoms with van der Waals surface area (Å²) in [5, 5.41) is 6.90. The molecule has 0 saturated carbocycles. The summed E-state index contributed by atoms with van der Waals surface area (Å²) in [7, 11) is 0. The van der Waals surface area contributed by atoms with Crippen molar-refractivity contribution in [2.75, 3.05) is 24.5 Å². The summed E-state index contributed by atoms with van der Waals surface area (Å²) in [4.78, 5) is 8.45. The average Bonchev–Trinajstić information content (AvgIpc) is 2.95. The Hall–Kier alpha value is -0.720. The maximum Gasteiger partial charge on any atom is 0.195 e. The van der Waals surface area contributed by atoms with E-state index in [1.807, 2.05) is 0 Å². The van der Waals surface area contributed by atoms with Crippen molar-refractivity contribution in [2.24, 2.45) is 0 Å². The lowest BCUT2D eigenvalue weighted by Crippen LogP contribution is -2.41. The number of hydrogen-bond donors (Lipinski definition) is 1. The van der Waals surface area contributed by atoms with Crippen LogP contribution in [0.5, 0.6) is 0 Å². The summed E-state index contributed by atoms with van der Waals surface area (Å²) in [5.74, 6) is 1.18. The number of thiazole rings is 1.